The Bertz CT molecular complexity index is 1200. The number of methoxy groups -OCH3 is 1. The molecule has 0 radical (unpaired) electrons. The topological polar surface area (TPSA) is 71.3 Å². The van der Waals surface area contributed by atoms with Crippen molar-refractivity contribution < 1.29 is 4.74 Å². The van der Waals surface area contributed by atoms with E-state index < -0.39 is 0 Å². The number of anilines is 3. The Hall–Kier alpha value is -3.65. The highest BCUT2D eigenvalue weighted by Gasteiger charge is 2.21. The van der Waals surface area contributed by atoms with E-state index in [0.29, 0.717) is 0 Å². The van der Waals surface area contributed by atoms with Crippen LogP contribution in [0.2, 0.25) is 0 Å². The summed E-state index contributed by atoms with van der Waals surface area (Å²) in [5.41, 5.74) is 2.65. The molecule has 8 heteroatoms. The van der Waals surface area contributed by atoms with Gasteiger partial charge in [-0.15, -0.1) is 0 Å². The van der Waals surface area contributed by atoms with Gasteiger partial charge in [-0.3, -0.25) is 0 Å². The predicted molar refractivity (Wildman–Crippen MR) is 127 cm³/mol. The molecule has 32 heavy (non-hydrogen) atoms. The molecule has 0 amide bonds. The Labute approximate surface area is 187 Å². The van der Waals surface area contributed by atoms with E-state index in [-0.39, 0.29) is 0 Å². The maximum Gasteiger partial charge on any atom is 0.229 e. The average Bonchev–Trinajstić information content (AvgIpc) is 3.29. The third kappa shape index (κ3) is 3.97. The number of hydrogen-bond donors (Lipinski definition) is 1. The van der Waals surface area contributed by atoms with Crippen molar-refractivity contribution in [1.82, 2.24) is 24.6 Å². The SMILES string of the molecule is CCN1CCN(c2nc(Nc3cccc(OC)c3)c3cnn(-c4ccccc4)c3n2)CC1. The molecule has 1 aliphatic heterocycles. The van der Waals surface area contributed by atoms with Crippen molar-refractivity contribution in [3.8, 4) is 11.4 Å². The minimum absolute atomic E-state index is 0.719. The number of likely N-dealkylation sites (N-methyl/N-ethyl adjacent to an activating group) is 1. The highest BCUT2D eigenvalue weighted by atomic mass is 16.5. The number of nitrogens with one attached hydrogen (secondary N) is 1. The predicted octanol–water partition coefficient (Wildman–Crippen LogP) is 3.71. The van der Waals surface area contributed by atoms with Crippen molar-refractivity contribution >= 4 is 28.5 Å². The molecule has 2 aromatic heterocycles. The van der Waals surface area contributed by atoms with Crippen LogP contribution in [-0.2, 0) is 0 Å². The molecule has 0 unspecified atom stereocenters. The first-order chi connectivity index (χ1) is 15.7. The summed E-state index contributed by atoms with van der Waals surface area (Å²) < 4.78 is 7.25. The molecule has 0 aliphatic carbocycles. The number of benzene rings is 2. The zero-order chi connectivity index (χ0) is 21.9. The molecule has 1 saturated heterocycles. The number of para-hydroxylation sites is 1. The van der Waals surface area contributed by atoms with Crippen molar-refractivity contribution in [3.05, 3.63) is 60.8 Å². The third-order valence-corrected chi connectivity index (χ3v) is 5.85. The van der Waals surface area contributed by atoms with Crippen LogP contribution < -0.4 is 15.0 Å². The number of piperazine rings is 1. The van der Waals surface area contributed by atoms with Crippen LogP contribution in [-0.4, -0.2) is 64.5 Å². The van der Waals surface area contributed by atoms with Crippen molar-refractivity contribution in [1.29, 1.82) is 0 Å². The maximum atomic E-state index is 5.38. The molecule has 0 saturated carbocycles. The van der Waals surface area contributed by atoms with Gasteiger partial charge in [0, 0.05) is 37.9 Å². The van der Waals surface area contributed by atoms with E-state index in [1.807, 2.05) is 65.5 Å². The summed E-state index contributed by atoms with van der Waals surface area (Å²) in [6.45, 7) is 7.09. The highest BCUT2D eigenvalue weighted by Crippen LogP contribution is 2.29. The van der Waals surface area contributed by atoms with Crippen LogP contribution >= 0.6 is 0 Å². The quantitative estimate of drug-likeness (QED) is 0.501. The van der Waals surface area contributed by atoms with E-state index in [0.717, 1.165) is 72.6 Å². The second kappa shape index (κ2) is 8.84. The molecule has 0 spiro atoms. The number of rotatable bonds is 6. The third-order valence-electron chi connectivity index (χ3n) is 5.85. The Morgan fingerprint density at radius 2 is 1.78 bits per heavy atom. The van der Waals surface area contributed by atoms with Gasteiger partial charge < -0.3 is 19.9 Å². The molecule has 5 rings (SSSR count). The van der Waals surface area contributed by atoms with Gasteiger partial charge in [0.15, 0.2) is 5.65 Å². The molecule has 0 bridgehead atoms. The minimum Gasteiger partial charge on any atom is -0.497 e. The first-order valence-electron chi connectivity index (χ1n) is 10.9. The summed E-state index contributed by atoms with van der Waals surface area (Å²) in [7, 11) is 1.67. The second-order valence-corrected chi connectivity index (χ2v) is 7.78. The van der Waals surface area contributed by atoms with Gasteiger partial charge in [0.25, 0.3) is 0 Å². The molecule has 4 aromatic rings. The summed E-state index contributed by atoms with van der Waals surface area (Å²) in [5.74, 6) is 2.24. The lowest BCUT2D eigenvalue weighted by atomic mass is 10.3. The van der Waals surface area contributed by atoms with Gasteiger partial charge in [-0.05, 0) is 30.8 Å². The normalized spacial score (nSPS) is 14.6. The number of ether oxygens (including phenoxy) is 1. The van der Waals surface area contributed by atoms with Crippen LogP contribution in [0.1, 0.15) is 6.92 Å². The molecule has 164 valence electrons. The van der Waals surface area contributed by atoms with Gasteiger partial charge in [0.2, 0.25) is 5.95 Å². The molecule has 2 aromatic carbocycles. The summed E-state index contributed by atoms with van der Waals surface area (Å²) >= 11 is 0. The lowest BCUT2D eigenvalue weighted by Gasteiger charge is -2.34. The first-order valence-corrected chi connectivity index (χ1v) is 10.9. The summed E-state index contributed by atoms with van der Waals surface area (Å²) in [5, 5.41) is 8.97. The zero-order valence-corrected chi connectivity index (χ0v) is 18.4. The highest BCUT2D eigenvalue weighted by molar-refractivity contribution is 5.90. The summed E-state index contributed by atoms with van der Waals surface area (Å²) in [6.07, 6.45) is 1.82. The summed E-state index contributed by atoms with van der Waals surface area (Å²) in [4.78, 5) is 14.6. The van der Waals surface area contributed by atoms with E-state index >= 15 is 0 Å². The molecule has 8 nitrogen and oxygen atoms in total. The second-order valence-electron chi connectivity index (χ2n) is 7.78. The van der Waals surface area contributed by atoms with Gasteiger partial charge in [-0.2, -0.15) is 15.1 Å². The first kappa shape index (κ1) is 20.3. The number of aromatic nitrogens is 4. The van der Waals surface area contributed by atoms with Crippen LogP contribution in [0.25, 0.3) is 16.7 Å². The standard InChI is InChI=1S/C24H27N7O/c1-3-29-12-14-30(15-13-29)24-27-22(26-18-8-7-11-20(16-18)32-2)21-17-25-31(23(21)28-24)19-9-5-4-6-10-19/h4-11,16-17H,3,12-15H2,1-2H3,(H,26,27,28). The fourth-order valence-corrected chi connectivity index (χ4v) is 3.99. The minimum atomic E-state index is 0.719. The van der Waals surface area contributed by atoms with Gasteiger partial charge in [0.05, 0.1) is 24.4 Å². The monoisotopic (exact) mass is 429 g/mol. The molecule has 3 heterocycles. The Morgan fingerprint density at radius 3 is 2.53 bits per heavy atom. The van der Waals surface area contributed by atoms with Crippen LogP contribution in [0, 0.1) is 0 Å². The van der Waals surface area contributed by atoms with Crippen LogP contribution in [0.4, 0.5) is 17.5 Å². The van der Waals surface area contributed by atoms with Crippen molar-refractivity contribution in [2.45, 2.75) is 6.92 Å². The van der Waals surface area contributed by atoms with E-state index in [4.69, 9.17) is 14.7 Å². The molecular formula is C24H27N7O. The molecule has 1 aliphatic rings. The molecular weight excluding hydrogens is 402 g/mol. The molecule has 1 fully saturated rings. The van der Waals surface area contributed by atoms with Crippen LogP contribution in [0.15, 0.2) is 60.8 Å². The Morgan fingerprint density at radius 1 is 0.969 bits per heavy atom. The van der Waals surface area contributed by atoms with E-state index in [1.165, 1.54) is 0 Å². The van der Waals surface area contributed by atoms with Gasteiger partial charge in [-0.1, -0.05) is 31.2 Å². The number of nitrogens with zero attached hydrogens (tertiary/aromatic N) is 6. The fraction of sp³-hybridized carbons (Fsp3) is 0.292. The van der Waals surface area contributed by atoms with Crippen LogP contribution in [0.5, 0.6) is 5.75 Å². The zero-order valence-electron chi connectivity index (χ0n) is 18.4. The number of fused-ring (bicyclic) bond motifs is 1. The van der Waals surface area contributed by atoms with Gasteiger partial charge in [-0.25, -0.2) is 4.68 Å². The average molecular weight is 430 g/mol. The Kier molecular flexibility index (Phi) is 5.60. The van der Waals surface area contributed by atoms with E-state index in [2.05, 4.69) is 27.1 Å². The molecule has 0 atom stereocenters. The fourth-order valence-electron chi connectivity index (χ4n) is 3.99. The van der Waals surface area contributed by atoms with Gasteiger partial charge >= 0.3 is 0 Å². The lowest BCUT2D eigenvalue weighted by molar-refractivity contribution is 0.270. The lowest BCUT2D eigenvalue weighted by Crippen LogP contribution is -2.46. The Balaban J connectivity index is 1.58. The van der Waals surface area contributed by atoms with Crippen molar-refractivity contribution in [2.24, 2.45) is 0 Å². The van der Waals surface area contributed by atoms with Crippen LogP contribution in [0.3, 0.4) is 0 Å². The largest absolute Gasteiger partial charge is 0.497 e. The smallest absolute Gasteiger partial charge is 0.229 e. The number of hydrogen-bond acceptors (Lipinski definition) is 7. The van der Waals surface area contributed by atoms with E-state index in [9.17, 15) is 0 Å². The molecule has 1 N–H and O–H groups in total. The van der Waals surface area contributed by atoms with Crippen molar-refractivity contribution in [3.63, 3.8) is 0 Å². The van der Waals surface area contributed by atoms with Crippen molar-refractivity contribution in [2.75, 3.05) is 50.1 Å². The van der Waals surface area contributed by atoms with E-state index in [1.54, 1.807) is 7.11 Å². The van der Waals surface area contributed by atoms with Gasteiger partial charge in [0.1, 0.15) is 11.6 Å². The maximum absolute atomic E-state index is 5.38. The summed E-state index contributed by atoms with van der Waals surface area (Å²) in [6, 6.07) is 17.9.